The Labute approximate surface area is 378 Å². The van der Waals surface area contributed by atoms with Crippen LogP contribution in [0.2, 0.25) is 0 Å². The summed E-state index contributed by atoms with van der Waals surface area (Å²) in [6.45, 7) is 4.50. The molecule has 0 aliphatic rings. The van der Waals surface area contributed by atoms with E-state index in [-0.39, 0.29) is 12.5 Å². The van der Waals surface area contributed by atoms with Crippen LogP contribution in [0.15, 0.2) is 48.6 Å². The number of nitrogens with zero attached hydrogens (tertiary/aromatic N) is 1. The van der Waals surface area contributed by atoms with E-state index in [2.05, 4.69) is 55.6 Å². The van der Waals surface area contributed by atoms with Gasteiger partial charge < -0.3 is 28.8 Å². The third-order valence-corrected chi connectivity index (χ3v) is 12.2. The molecule has 0 bridgehead atoms. The SMILES string of the molecule is CC/C=C/CC/C=C/CC/C=C/C(O)C(COP(=O)([O-])OCC[N+](C)(C)C)NC(=O)CCCCCCCCCCCCCCC/C=C\CCCCCCCCCCCCCC. The molecule has 358 valence electrons. The van der Waals surface area contributed by atoms with Crippen molar-refractivity contribution in [3.63, 3.8) is 0 Å². The zero-order valence-electron chi connectivity index (χ0n) is 40.6. The second-order valence-corrected chi connectivity index (χ2v) is 19.9. The highest BCUT2D eigenvalue weighted by Crippen LogP contribution is 2.38. The minimum Gasteiger partial charge on any atom is -0.756 e. The zero-order valence-corrected chi connectivity index (χ0v) is 41.5. The van der Waals surface area contributed by atoms with E-state index >= 15 is 0 Å². The lowest BCUT2D eigenvalue weighted by Crippen LogP contribution is -2.45. The summed E-state index contributed by atoms with van der Waals surface area (Å²) in [5, 5.41) is 13.7. The van der Waals surface area contributed by atoms with E-state index in [0.717, 1.165) is 51.4 Å². The number of aliphatic hydroxyl groups is 1. The Morgan fingerprint density at radius 1 is 0.574 bits per heavy atom. The van der Waals surface area contributed by atoms with Crippen molar-refractivity contribution in [3.8, 4) is 0 Å². The van der Waals surface area contributed by atoms with E-state index in [4.69, 9.17) is 9.05 Å². The molecule has 0 aromatic rings. The van der Waals surface area contributed by atoms with Crippen LogP contribution in [0.25, 0.3) is 0 Å². The average molecular weight is 879 g/mol. The summed E-state index contributed by atoms with van der Waals surface area (Å²) in [7, 11) is 1.23. The number of aliphatic hydroxyl groups excluding tert-OH is 1. The standard InChI is InChI=1S/C52H99N2O6P/c1-6-8-10-12-14-16-18-19-20-21-22-23-24-25-26-27-28-29-30-31-32-33-34-35-36-38-40-42-44-46-52(56)53-50(49-60-61(57,58)59-48-47-54(3,4)5)51(55)45-43-41-39-37-17-15-13-11-9-7-2/h9,11,17,25-26,37,43,45,50-51,55H,6-8,10,12-16,18-24,27-36,38-42,44,46-49H2,1-5H3,(H-,53,56,57,58)/b11-9+,26-25-,37-17+,45-43+. The van der Waals surface area contributed by atoms with Crippen molar-refractivity contribution >= 4 is 13.7 Å². The van der Waals surface area contributed by atoms with E-state index in [1.165, 1.54) is 154 Å². The summed E-state index contributed by atoms with van der Waals surface area (Å²) >= 11 is 0. The van der Waals surface area contributed by atoms with Gasteiger partial charge in [-0.1, -0.05) is 204 Å². The number of unbranched alkanes of at least 4 members (excludes halogenated alkanes) is 27. The van der Waals surface area contributed by atoms with Gasteiger partial charge in [-0.15, -0.1) is 0 Å². The van der Waals surface area contributed by atoms with Crippen molar-refractivity contribution in [2.24, 2.45) is 0 Å². The number of quaternary nitrogens is 1. The third kappa shape index (κ3) is 46.3. The Balaban J connectivity index is 4.06. The van der Waals surface area contributed by atoms with Crippen molar-refractivity contribution < 1.29 is 32.9 Å². The Morgan fingerprint density at radius 2 is 0.967 bits per heavy atom. The molecule has 0 aliphatic heterocycles. The quantitative estimate of drug-likeness (QED) is 0.0273. The summed E-state index contributed by atoms with van der Waals surface area (Å²) in [4.78, 5) is 25.3. The fourth-order valence-electron chi connectivity index (χ4n) is 7.25. The molecule has 2 N–H and O–H groups in total. The van der Waals surface area contributed by atoms with Crippen molar-refractivity contribution in [3.05, 3.63) is 48.6 Å². The Bertz CT molecular complexity index is 1130. The van der Waals surface area contributed by atoms with Crippen molar-refractivity contribution in [1.82, 2.24) is 5.32 Å². The summed E-state index contributed by atoms with van der Waals surface area (Å²) in [5.41, 5.74) is 0. The van der Waals surface area contributed by atoms with E-state index < -0.39 is 26.6 Å². The number of nitrogens with one attached hydrogen (secondary N) is 1. The van der Waals surface area contributed by atoms with Gasteiger partial charge in [0.1, 0.15) is 13.2 Å². The van der Waals surface area contributed by atoms with Crippen molar-refractivity contribution in [2.75, 3.05) is 40.9 Å². The highest BCUT2D eigenvalue weighted by molar-refractivity contribution is 7.45. The summed E-state index contributed by atoms with van der Waals surface area (Å²) in [6.07, 6.45) is 56.4. The highest BCUT2D eigenvalue weighted by Gasteiger charge is 2.23. The monoisotopic (exact) mass is 879 g/mol. The molecule has 0 saturated heterocycles. The molecule has 0 aromatic heterocycles. The number of phosphoric ester groups is 1. The second kappa shape index (κ2) is 43.7. The fourth-order valence-corrected chi connectivity index (χ4v) is 7.97. The van der Waals surface area contributed by atoms with Crippen LogP contribution in [-0.2, 0) is 18.4 Å². The van der Waals surface area contributed by atoms with E-state index in [0.29, 0.717) is 17.4 Å². The summed E-state index contributed by atoms with van der Waals surface area (Å²) in [5.74, 6) is -0.214. The van der Waals surface area contributed by atoms with Gasteiger partial charge in [-0.3, -0.25) is 9.36 Å². The Morgan fingerprint density at radius 3 is 1.41 bits per heavy atom. The molecule has 9 heteroatoms. The average Bonchev–Trinajstić information content (AvgIpc) is 3.21. The molecule has 61 heavy (non-hydrogen) atoms. The number of rotatable bonds is 46. The van der Waals surface area contributed by atoms with Gasteiger partial charge in [-0.2, -0.15) is 0 Å². The summed E-state index contributed by atoms with van der Waals surface area (Å²) in [6, 6.07) is -0.908. The maximum atomic E-state index is 12.9. The number of phosphoric acid groups is 1. The van der Waals surface area contributed by atoms with Gasteiger partial charge in [0.25, 0.3) is 7.82 Å². The van der Waals surface area contributed by atoms with Crippen LogP contribution in [0, 0.1) is 0 Å². The van der Waals surface area contributed by atoms with Crippen molar-refractivity contribution in [1.29, 1.82) is 0 Å². The van der Waals surface area contributed by atoms with Gasteiger partial charge in [-0.25, -0.2) is 0 Å². The van der Waals surface area contributed by atoms with Gasteiger partial charge >= 0.3 is 0 Å². The number of allylic oxidation sites excluding steroid dienone is 7. The smallest absolute Gasteiger partial charge is 0.268 e. The van der Waals surface area contributed by atoms with E-state index in [1.807, 2.05) is 27.2 Å². The minimum atomic E-state index is -4.60. The second-order valence-electron chi connectivity index (χ2n) is 18.5. The molecular formula is C52H99N2O6P. The molecule has 0 fully saturated rings. The van der Waals surface area contributed by atoms with E-state index in [1.54, 1.807) is 6.08 Å². The fraction of sp³-hybridized carbons (Fsp3) is 0.827. The van der Waals surface area contributed by atoms with Crippen LogP contribution < -0.4 is 10.2 Å². The Hall–Kier alpha value is -1.54. The molecule has 3 atom stereocenters. The lowest BCUT2D eigenvalue weighted by atomic mass is 10.0. The largest absolute Gasteiger partial charge is 0.756 e. The van der Waals surface area contributed by atoms with Gasteiger partial charge in [-0.05, 0) is 64.2 Å². The molecule has 0 aromatic carbocycles. The first-order chi connectivity index (χ1) is 29.5. The highest BCUT2D eigenvalue weighted by atomic mass is 31.2. The number of hydrogen-bond acceptors (Lipinski definition) is 6. The van der Waals surface area contributed by atoms with Gasteiger partial charge in [0.05, 0.1) is 39.9 Å². The number of carbonyl (C=O) groups is 1. The lowest BCUT2D eigenvalue weighted by molar-refractivity contribution is -0.870. The van der Waals surface area contributed by atoms with Crippen LogP contribution in [0.3, 0.4) is 0 Å². The zero-order chi connectivity index (χ0) is 45.0. The molecule has 0 rings (SSSR count). The van der Waals surface area contributed by atoms with Gasteiger partial charge in [0.2, 0.25) is 5.91 Å². The number of amides is 1. The molecule has 0 radical (unpaired) electrons. The molecule has 0 heterocycles. The van der Waals surface area contributed by atoms with Crippen molar-refractivity contribution in [2.45, 2.75) is 238 Å². The maximum Gasteiger partial charge on any atom is 0.268 e. The van der Waals surface area contributed by atoms with Crippen LogP contribution >= 0.6 is 7.82 Å². The van der Waals surface area contributed by atoms with Crippen LogP contribution in [0.4, 0.5) is 0 Å². The predicted octanol–water partition coefficient (Wildman–Crippen LogP) is 14.2. The molecule has 8 nitrogen and oxygen atoms in total. The normalized spacial score (nSPS) is 14.5. The van der Waals surface area contributed by atoms with Crippen LogP contribution in [0.5, 0.6) is 0 Å². The maximum absolute atomic E-state index is 12.9. The number of carbonyl (C=O) groups excluding carboxylic acids is 1. The third-order valence-electron chi connectivity index (χ3n) is 11.3. The van der Waals surface area contributed by atoms with Crippen LogP contribution in [-0.4, -0.2) is 68.5 Å². The van der Waals surface area contributed by atoms with E-state index in [9.17, 15) is 19.4 Å². The number of hydrogen-bond donors (Lipinski definition) is 2. The van der Waals surface area contributed by atoms with Gasteiger partial charge in [0, 0.05) is 6.42 Å². The predicted molar refractivity (Wildman–Crippen MR) is 261 cm³/mol. The first-order valence-electron chi connectivity index (χ1n) is 25.5. The number of likely N-dealkylation sites (N-methyl/N-ethyl adjacent to an activating group) is 1. The topological polar surface area (TPSA) is 108 Å². The Kier molecular flexibility index (Phi) is 42.6. The molecule has 0 saturated carbocycles. The van der Waals surface area contributed by atoms with Gasteiger partial charge in [0.15, 0.2) is 0 Å². The molecular weight excluding hydrogens is 780 g/mol. The molecule has 3 unspecified atom stereocenters. The lowest BCUT2D eigenvalue weighted by Gasteiger charge is -2.29. The minimum absolute atomic E-state index is 0.00977. The molecule has 0 spiro atoms. The molecule has 1 amide bonds. The first kappa shape index (κ1) is 59.5. The van der Waals surface area contributed by atoms with Crippen LogP contribution in [0.1, 0.15) is 226 Å². The first-order valence-corrected chi connectivity index (χ1v) is 27.0. The summed E-state index contributed by atoms with van der Waals surface area (Å²) < 4.78 is 23.2. The molecule has 0 aliphatic carbocycles.